The molecule has 158 valence electrons. The number of aromatic nitrogens is 2. The Morgan fingerprint density at radius 1 is 1.00 bits per heavy atom. The third kappa shape index (κ3) is 4.14. The standard InChI is InChI=1S/C21H22F2N4O2S/c1-16-11-21(20(23)12-19(16)22)30(28,29)26-9-7-25(8-10-26)14-17-13-24-27(15-17)18-5-3-2-4-6-18/h2-6,11-13,15H,7-10,14H2,1H3. The first-order valence-corrected chi connectivity index (χ1v) is 11.1. The van der Waals surface area contributed by atoms with Gasteiger partial charge in [-0.3, -0.25) is 4.90 Å². The zero-order valence-corrected chi connectivity index (χ0v) is 17.3. The number of para-hydroxylation sites is 1. The summed E-state index contributed by atoms with van der Waals surface area (Å²) < 4.78 is 56.3. The van der Waals surface area contributed by atoms with E-state index in [0.717, 1.165) is 17.3 Å². The van der Waals surface area contributed by atoms with E-state index >= 15 is 0 Å². The summed E-state index contributed by atoms with van der Waals surface area (Å²) >= 11 is 0. The Kier molecular flexibility index (Phi) is 5.68. The number of sulfonamides is 1. The van der Waals surface area contributed by atoms with Crippen molar-refractivity contribution in [3.8, 4) is 5.69 Å². The van der Waals surface area contributed by atoms with E-state index in [0.29, 0.717) is 25.7 Å². The van der Waals surface area contributed by atoms with Gasteiger partial charge in [-0.15, -0.1) is 0 Å². The number of aryl methyl sites for hydroxylation is 1. The third-order valence-corrected chi connectivity index (χ3v) is 7.14. The van der Waals surface area contributed by atoms with Gasteiger partial charge in [0.05, 0.1) is 11.9 Å². The Balaban J connectivity index is 1.41. The Morgan fingerprint density at radius 3 is 2.40 bits per heavy atom. The van der Waals surface area contributed by atoms with Crippen LogP contribution in [0.2, 0.25) is 0 Å². The lowest BCUT2D eigenvalue weighted by atomic mass is 10.2. The van der Waals surface area contributed by atoms with E-state index in [4.69, 9.17) is 0 Å². The van der Waals surface area contributed by atoms with Crippen LogP contribution in [-0.2, 0) is 16.6 Å². The first kappa shape index (κ1) is 20.6. The molecule has 0 spiro atoms. The topological polar surface area (TPSA) is 58.4 Å². The molecule has 1 aliphatic heterocycles. The first-order valence-electron chi connectivity index (χ1n) is 9.62. The van der Waals surface area contributed by atoms with Gasteiger partial charge in [0, 0.05) is 50.6 Å². The molecule has 2 aromatic carbocycles. The van der Waals surface area contributed by atoms with Crippen LogP contribution < -0.4 is 0 Å². The fourth-order valence-corrected chi connectivity index (χ4v) is 5.07. The van der Waals surface area contributed by atoms with Crippen LogP contribution in [-0.4, -0.2) is 53.6 Å². The maximum Gasteiger partial charge on any atom is 0.246 e. The van der Waals surface area contributed by atoms with Crippen LogP contribution in [0.25, 0.3) is 5.69 Å². The number of rotatable bonds is 5. The second-order valence-electron chi connectivity index (χ2n) is 7.34. The van der Waals surface area contributed by atoms with E-state index in [1.54, 1.807) is 10.9 Å². The van der Waals surface area contributed by atoms with Gasteiger partial charge in [-0.25, -0.2) is 21.9 Å². The largest absolute Gasteiger partial charge is 0.296 e. The molecule has 0 atom stereocenters. The van der Waals surface area contributed by atoms with Gasteiger partial charge in [-0.1, -0.05) is 18.2 Å². The first-order chi connectivity index (χ1) is 14.3. The molecule has 0 unspecified atom stereocenters. The lowest BCUT2D eigenvalue weighted by molar-refractivity contribution is 0.181. The van der Waals surface area contributed by atoms with Crippen molar-refractivity contribution in [1.82, 2.24) is 19.0 Å². The van der Waals surface area contributed by atoms with Gasteiger partial charge in [0.2, 0.25) is 10.0 Å². The molecule has 6 nitrogen and oxygen atoms in total. The van der Waals surface area contributed by atoms with Crippen molar-refractivity contribution in [2.24, 2.45) is 0 Å². The smallest absolute Gasteiger partial charge is 0.246 e. The highest BCUT2D eigenvalue weighted by atomic mass is 32.2. The van der Waals surface area contributed by atoms with E-state index in [2.05, 4.69) is 10.00 Å². The Morgan fingerprint density at radius 2 is 1.70 bits per heavy atom. The van der Waals surface area contributed by atoms with Crippen LogP contribution in [0.1, 0.15) is 11.1 Å². The van der Waals surface area contributed by atoms with E-state index in [1.165, 1.54) is 11.2 Å². The SMILES string of the molecule is Cc1cc(S(=O)(=O)N2CCN(Cc3cnn(-c4ccccc4)c3)CC2)c(F)cc1F. The van der Waals surface area contributed by atoms with Gasteiger partial charge in [0.15, 0.2) is 0 Å². The van der Waals surface area contributed by atoms with Crippen molar-refractivity contribution in [3.63, 3.8) is 0 Å². The van der Waals surface area contributed by atoms with Crippen molar-refractivity contribution in [1.29, 1.82) is 0 Å². The molecule has 2 heterocycles. The summed E-state index contributed by atoms with van der Waals surface area (Å²) in [5.74, 6) is -1.82. The summed E-state index contributed by atoms with van der Waals surface area (Å²) in [6.45, 7) is 3.57. The van der Waals surface area contributed by atoms with Crippen LogP contribution in [0.5, 0.6) is 0 Å². The molecular formula is C21H22F2N4O2S. The maximum absolute atomic E-state index is 14.1. The molecule has 9 heteroatoms. The minimum atomic E-state index is -4.01. The second kappa shape index (κ2) is 8.25. The van der Waals surface area contributed by atoms with Crippen molar-refractivity contribution in [3.05, 3.63) is 77.6 Å². The van der Waals surface area contributed by atoms with Crippen LogP contribution in [0.15, 0.2) is 59.8 Å². The van der Waals surface area contributed by atoms with Gasteiger partial charge >= 0.3 is 0 Å². The monoisotopic (exact) mass is 432 g/mol. The third-order valence-electron chi connectivity index (χ3n) is 5.23. The number of halogens is 2. The average Bonchev–Trinajstić information content (AvgIpc) is 3.20. The summed E-state index contributed by atoms with van der Waals surface area (Å²) in [5, 5.41) is 4.38. The van der Waals surface area contributed by atoms with Crippen LogP contribution >= 0.6 is 0 Å². The zero-order chi connectivity index (χ0) is 21.3. The summed E-state index contributed by atoms with van der Waals surface area (Å²) in [6.07, 6.45) is 3.75. The molecule has 1 saturated heterocycles. The molecular weight excluding hydrogens is 410 g/mol. The maximum atomic E-state index is 14.1. The minimum Gasteiger partial charge on any atom is -0.296 e. The van der Waals surface area contributed by atoms with E-state index in [1.807, 2.05) is 36.5 Å². The lowest BCUT2D eigenvalue weighted by Crippen LogP contribution is -2.48. The Bertz CT molecular complexity index is 1140. The van der Waals surface area contributed by atoms with E-state index < -0.39 is 26.6 Å². The van der Waals surface area contributed by atoms with Gasteiger partial charge < -0.3 is 0 Å². The van der Waals surface area contributed by atoms with Crippen molar-refractivity contribution >= 4 is 10.0 Å². The molecule has 0 radical (unpaired) electrons. The normalized spacial score (nSPS) is 16.1. The molecule has 4 rings (SSSR count). The van der Waals surface area contributed by atoms with Gasteiger partial charge in [-0.05, 0) is 30.7 Å². The number of benzene rings is 2. The number of nitrogens with zero attached hydrogens (tertiary/aromatic N) is 4. The summed E-state index contributed by atoms with van der Waals surface area (Å²) in [4.78, 5) is 1.66. The number of hydrogen-bond donors (Lipinski definition) is 0. The van der Waals surface area contributed by atoms with Gasteiger partial charge in [0.1, 0.15) is 16.5 Å². The second-order valence-corrected chi connectivity index (χ2v) is 9.25. The summed E-state index contributed by atoms with van der Waals surface area (Å²) in [6, 6.07) is 11.5. The molecule has 0 bridgehead atoms. The summed E-state index contributed by atoms with van der Waals surface area (Å²) in [7, 11) is -4.01. The molecule has 30 heavy (non-hydrogen) atoms. The van der Waals surface area contributed by atoms with Crippen molar-refractivity contribution < 1.29 is 17.2 Å². The molecule has 0 amide bonds. The molecule has 1 fully saturated rings. The highest BCUT2D eigenvalue weighted by molar-refractivity contribution is 7.89. The minimum absolute atomic E-state index is 0.101. The fourth-order valence-electron chi connectivity index (χ4n) is 3.52. The quantitative estimate of drug-likeness (QED) is 0.622. The fraction of sp³-hybridized carbons (Fsp3) is 0.286. The van der Waals surface area contributed by atoms with Gasteiger partial charge in [0.25, 0.3) is 0 Å². The Hall–Kier alpha value is -2.62. The van der Waals surface area contributed by atoms with Crippen molar-refractivity contribution in [2.75, 3.05) is 26.2 Å². The zero-order valence-electron chi connectivity index (χ0n) is 16.5. The molecule has 0 saturated carbocycles. The molecule has 0 aliphatic carbocycles. The molecule has 1 aromatic heterocycles. The van der Waals surface area contributed by atoms with E-state index in [-0.39, 0.29) is 18.7 Å². The highest BCUT2D eigenvalue weighted by Gasteiger charge is 2.31. The molecule has 0 N–H and O–H groups in total. The highest BCUT2D eigenvalue weighted by Crippen LogP contribution is 2.24. The predicted octanol–water partition coefficient (Wildman–Crippen LogP) is 2.97. The van der Waals surface area contributed by atoms with Crippen LogP contribution in [0.4, 0.5) is 8.78 Å². The van der Waals surface area contributed by atoms with Crippen LogP contribution in [0, 0.1) is 18.6 Å². The van der Waals surface area contributed by atoms with Crippen LogP contribution in [0.3, 0.4) is 0 Å². The van der Waals surface area contributed by atoms with E-state index in [9.17, 15) is 17.2 Å². The molecule has 3 aromatic rings. The number of piperazine rings is 1. The van der Waals surface area contributed by atoms with Gasteiger partial charge in [-0.2, -0.15) is 9.40 Å². The molecule has 1 aliphatic rings. The van der Waals surface area contributed by atoms with Crippen molar-refractivity contribution in [2.45, 2.75) is 18.4 Å². The average molecular weight is 432 g/mol. The lowest BCUT2D eigenvalue weighted by Gasteiger charge is -2.33. The summed E-state index contributed by atoms with van der Waals surface area (Å²) in [5.41, 5.74) is 2.09. The predicted molar refractivity (Wildman–Crippen MR) is 109 cm³/mol. The Labute approximate surface area is 174 Å². The number of hydrogen-bond acceptors (Lipinski definition) is 4.